The standard InChI is InChI=1S/C13H7ClN2O2S/c14-7-1-2-8-9(13(17)18)4-11(16-10(8)3-7)12-5-19-6-15-12/h1-6H,(H,17,18). The summed E-state index contributed by atoms with van der Waals surface area (Å²) in [5, 5.41) is 12.2. The van der Waals surface area contributed by atoms with E-state index in [2.05, 4.69) is 9.97 Å². The van der Waals surface area contributed by atoms with Crippen LogP contribution in [-0.2, 0) is 0 Å². The zero-order chi connectivity index (χ0) is 13.4. The van der Waals surface area contributed by atoms with E-state index in [-0.39, 0.29) is 5.56 Å². The first kappa shape index (κ1) is 12.1. The largest absolute Gasteiger partial charge is 0.478 e. The van der Waals surface area contributed by atoms with Crippen molar-refractivity contribution >= 4 is 39.8 Å². The molecule has 0 aliphatic carbocycles. The van der Waals surface area contributed by atoms with Crippen molar-refractivity contribution in [1.82, 2.24) is 9.97 Å². The Balaban J connectivity index is 2.34. The normalized spacial score (nSPS) is 10.8. The first-order valence-electron chi connectivity index (χ1n) is 5.37. The number of carboxylic acids is 1. The molecule has 0 bridgehead atoms. The highest BCUT2D eigenvalue weighted by molar-refractivity contribution is 7.07. The highest BCUT2D eigenvalue weighted by Crippen LogP contribution is 2.26. The summed E-state index contributed by atoms with van der Waals surface area (Å²) in [6.07, 6.45) is 0. The van der Waals surface area contributed by atoms with Gasteiger partial charge in [-0.3, -0.25) is 0 Å². The molecule has 19 heavy (non-hydrogen) atoms. The molecule has 0 fully saturated rings. The van der Waals surface area contributed by atoms with Gasteiger partial charge in [0.1, 0.15) is 0 Å². The third-order valence-electron chi connectivity index (χ3n) is 2.70. The number of halogens is 1. The van der Waals surface area contributed by atoms with Crippen LogP contribution in [0.2, 0.25) is 5.02 Å². The van der Waals surface area contributed by atoms with E-state index >= 15 is 0 Å². The molecule has 4 nitrogen and oxygen atoms in total. The van der Waals surface area contributed by atoms with E-state index < -0.39 is 5.97 Å². The topological polar surface area (TPSA) is 63.1 Å². The summed E-state index contributed by atoms with van der Waals surface area (Å²) >= 11 is 7.36. The van der Waals surface area contributed by atoms with Crippen LogP contribution < -0.4 is 0 Å². The maximum atomic E-state index is 11.3. The van der Waals surface area contributed by atoms with Crippen molar-refractivity contribution in [3.8, 4) is 11.4 Å². The fraction of sp³-hybridized carbons (Fsp3) is 0. The van der Waals surface area contributed by atoms with E-state index in [9.17, 15) is 9.90 Å². The molecule has 2 heterocycles. The number of carboxylic acid groups (broad SMARTS) is 1. The lowest BCUT2D eigenvalue weighted by Crippen LogP contribution is -2.00. The van der Waals surface area contributed by atoms with Gasteiger partial charge in [-0.25, -0.2) is 14.8 Å². The van der Waals surface area contributed by atoms with Crippen molar-refractivity contribution in [3.05, 3.63) is 45.7 Å². The molecule has 0 atom stereocenters. The van der Waals surface area contributed by atoms with Gasteiger partial charge in [0.15, 0.2) is 0 Å². The Morgan fingerprint density at radius 3 is 2.79 bits per heavy atom. The van der Waals surface area contributed by atoms with Crippen molar-refractivity contribution in [2.24, 2.45) is 0 Å². The molecule has 3 aromatic rings. The van der Waals surface area contributed by atoms with Crippen LogP contribution in [0.25, 0.3) is 22.3 Å². The summed E-state index contributed by atoms with van der Waals surface area (Å²) in [4.78, 5) is 19.9. The number of hydrogen-bond donors (Lipinski definition) is 1. The first-order chi connectivity index (χ1) is 9.15. The highest BCUT2D eigenvalue weighted by Gasteiger charge is 2.13. The van der Waals surface area contributed by atoms with Gasteiger partial charge in [0, 0.05) is 15.8 Å². The van der Waals surface area contributed by atoms with E-state index in [1.807, 2.05) is 5.38 Å². The number of aromatic nitrogens is 2. The molecule has 0 amide bonds. The van der Waals surface area contributed by atoms with E-state index in [0.29, 0.717) is 27.3 Å². The monoisotopic (exact) mass is 290 g/mol. The molecule has 0 aliphatic heterocycles. The summed E-state index contributed by atoms with van der Waals surface area (Å²) in [6.45, 7) is 0. The summed E-state index contributed by atoms with van der Waals surface area (Å²) < 4.78 is 0. The van der Waals surface area contributed by atoms with Crippen molar-refractivity contribution in [1.29, 1.82) is 0 Å². The minimum absolute atomic E-state index is 0.199. The van der Waals surface area contributed by atoms with Gasteiger partial charge in [0.05, 0.1) is 28.0 Å². The number of carbonyl (C=O) groups is 1. The Hall–Kier alpha value is -1.98. The minimum atomic E-state index is -0.994. The summed E-state index contributed by atoms with van der Waals surface area (Å²) in [6, 6.07) is 6.51. The molecule has 6 heteroatoms. The van der Waals surface area contributed by atoms with Gasteiger partial charge in [-0.1, -0.05) is 17.7 Å². The average molecular weight is 291 g/mol. The number of hydrogen-bond acceptors (Lipinski definition) is 4. The number of fused-ring (bicyclic) bond motifs is 1. The Morgan fingerprint density at radius 1 is 1.26 bits per heavy atom. The molecular formula is C13H7ClN2O2S. The number of nitrogens with zero attached hydrogens (tertiary/aromatic N) is 2. The number of rotatable bonds is 2. The zero-order valence-electron chi connectivity index (χ0n) is 9.50. The van der Waals surface area contributed by atoms with Crippen molar-refractivity contribution in [2.75, 3.05) is 0 Å². The molecule has 3 rings (SSSR count). The minimum Gasteiger partial charge on any atom is -0.478 e. The summed E-state index contributed by atoms with van der Waals surface area (Å²) in [7, 11) is 0. The fourth-order valence-electron chi connectivity index (χ4n) is 1.85. The zero-order valence-corrected chi connectivity index (χ0v) is 11.1. The maximum Gasteiger partial charge on any atom is 0.336 e. The predicted octanol–water partition coefficient (Wildman–Crippen LogP) is 3.71. The maximum absolute atomic E-state index is 11.3. The van der Waals surface area contributed by atoms with E-state index in [1.54, 1.807) is 23.7 Å². The van der Waals surface area contributed by atoms with Crippen LogP contribution in [0.4, 0.5) is 0 Å². The lowest BCUT2D eigenvalue weighted by molar-refractivity contribution is 0.0699. The Bertz CT molecular complexity index is 772. The number of aromatic carboxylic acids is 1. The van der Waals surface area contributed by atoms with Crippen LogP contribution in [0.15, 0.2) is 35.2 Å². The molecule has 0 saturated carbocycles. The molecule has 1 N–H and O–H groups in total. The molecule has 0 radical (unpaired) electrons. The van der Waals surface area contributed by atoms with Gasteiger partial charge in [0.2, 0.25) is 0 Å². The third-order valence-corrected chi connectivity index (χ3v) is 3.52. The smallest absolute Gasteiger partial charge is 0.336 e. The van der Waals surface area contributed by atoms with Gasteiger partial charge in [0.25, 0.3) is 0 Å². The molecule has 94 valence electrons. The Morgan fingerprint density at radius 2 is 2.11 bits per heavy atom. The van der Waals surface area contributed by atoms with Crippen LogP contribution in [0.3, 0.4) is 0 Å². The second-order valence-electron chi connectivity index (χ2n) is 3.90. The van der Waals surface area contributed by atoms with Gasteiger partial charge in [-0.05, 0) is 18.2 Å². The Labute approximate surface area is 117 Å². The van der Waals surface area contributed by atoms with E-state index in [4.69, 9.17) is 11.6 Å². The van der Waals surface area contributed by atoms with Gasteiger partial charge >= 0.3 is 5.97 Å². The van der Waals surface area contributed by atoms with Crippen LogP contribution in [0, 0.1) is 0 Å². The van der Waals surface area contributed by atoms with Crippen LogP contribution in [0.5, 0.6) is 0 Å². The van der Waals surface area contributed by atoms with E-state index in [1.165, 1.54) is 17.4 Å². The molecule has 0 saturated heterocycles. The summed E-state index contributed by atoms with van der Waals surface area (Å²) in [5.74, 6) is -0.994. The van der Waals surface area contributed by atoms with Gasteiger partial charge in [-0.2, -0.15) is 0 Å². The average Bonchev–Trinajstić information content (AvgIpc) is 2.90. The number of thiazole rings is 1. The SMILES string of the molecule is O=C(O)c1cc(-c2cscn2)nc2cc(Cl)ccc12. The van der Waals surface area contributed by atoms with Crippen LogP contribution in [0.1, 0.15) is 10.4 Å². The van der Waals surface area contributed by atoms with Crippen molar-refractivity contribution in [3.63, 3.8) is 0 Å². The Kier molecular flexibility index (Phi) is 2.93. The molecule has 0 aliphatic rings. The first-order valence-corrected chi connectivity index (χ1v) is 6.69. The lowest BCUT2D eigenvalue weighted by Gasteiger charge is -2.05. The van der Waals surface area contributed by atoms with E-state index in [0.717, 1.165) is 0 Å². The summed E-state index contributed by atoms with van der Waals surface area (Å²) in [5.41, 5.74) is 3.63. The lowest BCUT2D eigenvalue weighted by atomic mass is 10.1. The number of benzene rings is 1. The van der Waals surface area contributed by atoms with Gasteiger partial charge < -0.3 is 5.11 Å². The van der Waals surface area contributed by atoms with Gasteiger partial charge in [-0.15, -0.1) is 11.3 Å². The third kappa shape index (κ3) is 2.18. The van der Waals surface area contributed by atoms with Crippen molar-refractivity contribution in [2.45, 2.75) is 0 Å². The number of pyridine rings is 1. The second-order valence-corrected chi connectivity index (χ2v) is 5.05. The quantitative estimate of drug-likeness (QED) is 0.781. The highest BCUT2D eigenvalue weighted by atomic mass is 35.5. The molecule has 2 aromatic heterocycles. The molecule has 1 aromatic carbocycles. The predicted molar refractivity (Wildman–Crippen MR) is 74.8 cm³/mol. The molecule has 0 spiro atoms. The van der Waals surface area contributed by atoms with Crippen molar-refractivity contribution < 1.29 is 9.90 Å². The molecular weight excluding hydrogens is 284 g/mol. The second kappa shape index (κ2) is 4.60. The van der Waals surface area contributed by atoms with Crippen LogP contribution in [-0.4, -0.2) is 21.0 Å². The fourth-order valence-corrected chi connectivity index (χ4v) is 2.56. The van der Waals surface area contributed by atoms with Crippen LogP contribution >= 0.6 is 22.9 Å². The molecule has 0 unspecified atom stereocenters.